The number of nitrogens with zero attached hydrogens (tertiary/aromatic N) is 2. The summed E-state index contributed by atoms with van der Waals surface area (Å²) < 4.78 is 10.8. The van der Waals surface area contributed by atoms with Gasteiger partial charge in [-0.2, -0.15) is 0 Å². The van der Waals surface area contributed by atoms with Crippen LogP contribution < -0.4 is 21.7 Å². The predicted octanol–water partition coefficient (Wildman–Crippen LogP) is 4.00. The van der Waals surface area contributed by atoms with E-state index in [4.69, 9.17) is 20.3 Å². The highest BCUT2D eigenvalue weighted by Crippen LogP contribution is 2.26. The lowest BCUT2D eigenvalue weighted by molar-refractivity contribution is -0.144. The Hall–Kier alpha value is -4.40. The molecule has 20 heteroatoms. The molecule has 5 amide bonds. The van der Waals surface area contributed by atoms with Crippen LogP contribution in [0, 0.1) is 5.92 Å². The van der Waals surface area contributed by atoms with E-state index in [0.717, 1.165) is 44.3 Å². The maximum absolute atomic E-state index is 12.8. The first kappa shape index (κ1) is 56.7. The molecule has 1 radical (unpaired) electrons. The minimum atomic E-state index is -1.15. The number of Topliss-reactive ketones (excluding diaryl/α,β-unsaturated/α-hetero) is 1. The molecule has 1 aromatic heterocycles. The van der Waals surface area contributed by atoms with Crippen molar-refractivity contribution in [2.24, 2.45) is 5.92 Å². The van der Waals surface area contributed by atoms with Gasteiger partial charge in [-0.25, -0.2) is 10.7 Å². The number of ketones is 1. The number of hydrogen-bond acceptors (Lipinski definition) is 12. The number of unbranched alkanes of at least 4 members (excludes halogenated alkanes) is 13. The zero-order valence-corrected chi connectivity index (χ0v) is 39.1. The fourth-order valence-corrected chi connectivity index (χ4v) is 8.33. The number of likely N-dealkylation sites (tertiary alicyclic amines) is 1. The van der Waals surface area contributed by atoms with Crippen LogP contribution in [0.2, 0.25) is 0 Å². The molecule has 7 N–H and O–H groups in total. The molecule has 65 heavy (non-hydrogen) atoms. The molecule has 1 saturated heterocycles. The molecule has 4 atom stereocenters. The zero-order chi connectivity index (χ0) is 47.7. The molecule has 0 aromatic carbocycles. The number of carbonyl (C=O) groups is 8. The van der Waals surface area contributed by atoms with E-state index in [1.54, 1.807) is 0 Å². The van der Waals surface area contributed by atoms with E-state index in [-0.39, 0.29) is 113 Å². The molecule has 1 aliphatic heterocycles. The number of aromatic amines is 1. The van der Waals surface area contributed by atoms with Gasteiger partial charge in [0.25, 0.3) is 0 Å². The molecule has 2 rings (SSSR count). The van der Waals surface area contributed by atoms with Crippen LogP contribution >= 0.6 is 11.8 Å². The SMILES string of the molecule is C[C@@H](NC(=O)[C@@H]([NH])Cc1cnc[nH]1)C(=O)C[C@@H](CCCCNC(=O)COCCOCCNC(=O)CCN1C(=O)CC(SCCCCCCCCCCCCCCCC(=O)O)C1=O)C(=O)O. The van der Waals surface area contributed by atoms with Crippen molar-refractivity contribution in [1.82, 2.24) is 36.6 Å². The van der Waals surface area contributed by atoms with Gasteiger partial charge in [0.15, 0.2) is 5.78 Å². The average Bonchev–Trinajstić information content (AvgIpc) is 3.88. The largest absolute Gasteiger partial charge is 0.481 e. The van der Waals surface area contributed by atoms with Crippen LogP contribution in [0.1, 0.15) is 141 Å². The van der Waals surface area contributed by atoms with Crippen LogP contribution in [0.4, 0.5) is 0 Å². The van der Waals surface area contributed by atoms with Gasteiger partial charge in [0.2, 0.25) is 29.5 Å². The lowest BCUT2D eigenvalue weighted by atomic mass is 9.94. The van der Waals surface area contributed by atoms with Crippen molar-refractivity contribution >= 4 is 59.0 Å². The number of ether oxygens (including phenoxy) is 2. The standard InChI is InChI=1S/C45H74N7O12S/c1-33(51-43(59)36(46)28-35-30-47-32-50-35)37(53)27-34(45(61)62)17-14-15-20-48-40(55)31-64-25-24-63-23-21-49-39(54)19-22-52-41(56)29-38(44(52)60)65-26-16-12-10-8-6-4-2-3-5-7-9-11-13-18-42(57)58/h30,32-34,36,38,46H,2-29,31H2,1H3,(H,47,50)(H,48,55)(H,49,54)(H,51,59)(H,57,58)(H,61,62)/t33-,34-,36+,38?/m1/s1. The first-order chi connectivity index (χ1) is 31.3. The van der Waals surface area contributed by atoms with Gasteiger partial charge in [0, 0.05) is 63.6 Å². The summed E-state index contributed by atoms with van der Waals surface area (Å²) in [7, 11) is 0. The van der Waals surface area contributed by atoms with Crippen molar-refractivity contribution in [2.45, 2.75) is 159 Å². The van der Waals surface area contributed by atoms with E-state index in [2.05, 4.69) is 25.9 Å². The highest BCUT2D eigenvalue weighted by molar-refractivity contribution is 8.00. The highest BCUT2D eigenvalue weighted by atomic mass is 32.2. The first-order valence-corrected chi connectivity index (χ1v) is 24.4. The fourth-order valence-electron chi connectivity index (χ4n) is 7.15. The van der Waals surface area contributed by atoms with Crippen LogP contribution in [0.25, 0.3) is 0 Å². The molecule has 0 saturated carbocycles. The lowest BCUT2D eigenvalue weighted by Gasteiger charge is -2.18. The Bertz CT molecular complexity index is 1580. The fraction of sp³-hybridized carbons (Fsp3) is 0.756. The Labute approximate surface area is 387 Å². The number of thioether (sulfide) groups is 1. The minimum absolute atomic E-state index is 0.00455. The number of rotatable bonds is 41. The Balaban J connectivity index is 1.41. The molecule has 1 aromatic rings. The van der Waals surface area contributed by atoms with Gasteiger partial charge in [-0.3, -0.25) is 43.3 Å². The van der Waals surface area contributed by atoms with Gasteiger partial charge in [-0.1, -0.05) is 77.0 Å². The number of aromatic nitrogens is 2. The molecule has 367 valence electrons. The van der Waals surface area contributed by atoms with E-state index >= 15 is 0 Å². The summed E-state index contributed by atoms with van der Waals surface area (Å²) in [6, 6.07) is -2.10. The second kappa shape index (κ2) is 34.9. The summed E-state index contributed by atoms with van der Waals surface area (Å²) in [6.07, 6.45) is 19.1. The number of carboxylic acids is 2. The van der Waals surface area contributed by atoms with Crippen molar-refractivity contribution in [3.63, 3.8) is 0 Å². The monoisotopic (exact) mass is 937 g/mol. The van der Waals surface area contributed by atoms with E-state index in [0.29, 0.717) is 18.5 Å². The Morgan fingerprint density at radius 2 is 1.46 bits per heavy atom. The molecule has 0 bridgehead atoms. The number of aliphatic carboxylic acids is 2. The normalized spacial score (nSPS) is 15.1. The topological polar surface area (TPSA) is 287 Å². The van der Waals surface area contributed by atoms with Crippen molar-refractivity contribution < 1.29 is 58.0 Å². The molecule has 19 nitrogen and oxygen atoms in total. The number of carbonyl (C=O) groups excluding carboxylic acids is 6. The van der Waals surface area contributed by atoms with E-state index < -0.39 is 41.6 Å². The van der Waals surface area contributed by atoms with Crippen LogP contribution in [-0.2, 0) is 54.3 Å². The number of amides is 5. The van der Waals surface area contributed by atoms with Crippen molar-refractivity contribution in [3.05, 3.63) is 18.2 Å². The second-order valence-corrected chi connectivity index (χ2v) is 17.9. The number of H-pyrrole nitrogens is 1. The number of imidazole rings is 1. The lowest BCUT2D eigenvalue weighted by Crippen LogP contribution is -2.45. The van der Waals surface area contributed by atoms with Gasteiger partial charge in [0.05, 0.1) is 43.4 Å². The van der Waals surface area contributed by atoms with Crippen LogP contribution in [0.15, 0.2) is 12.5 Å². The third-order valence-electron chi connectivity index (χ3n) is 11.0. The first-order valence-electron chi connectivity index (χ1n) is 23.4. The number of imide groups is 1. The average molecular weight is 937 g/mol. The maximum atomic E-state index is 12.8. The van der Waals surface area contributed by atoms with Crippen molar-refractivity contribution in [3.8, 4) is 0 Å². The zero-order valence-electron chi connectivity index (χ0n) is 38.2. The van der Waals surface area contributed by atoms with Gasteiger partial charge in [0.1, 0.15) is 12.6 Å². The van der Waals surface area contributed by atoms with Crippen LogP contribution in [0.3, 0.4) is 0 Å². The van der Waals surface area contributed by atoms with E-state index in [1.807, 2.05) is 0 Å². The molecule has 2 heterocycles. The maximum Gasteiger partial charge on any atom is 0.306 e. The van der Waals surface area contributed by atoms with Gasteiger partial charge in [-0.15, -0.1) is 11.8 Å². The third kappa shape index (κ3) is 27.0. The molecule has 1 aliphatic rings. The second-order valence-electron chi connectivity index (χ2n) is 16.6. The number of carboxylic acid groups (broad SMARTS) is 2. The van der Waals surface area contributed by atoms with E-state index in [1.165, 1.54) is 81.1 Å². The third-order valence-corrected chi connectivity index (χ3v) is 12.3. The number of nitrogens with one attached hydrogen (secondary N) is 5. The van der Waals surface area contributed by atoms with Crippen molar-refractivity contribution in [1.29, 1.82) is 0 Å². The summed E-state index contributed by atoms with van der Waals surface area (Å²) >= 11 is 1.53. The van der Waals surface area contributed by atoms with Crippen LogP contribution in [0.5, 0.6) is 0 Å². The van der Waals surface area contributed by atoms with Crippen molar-refractivity contribution in [2.75, 3.05) is 51.8 Å². The molecule has 0 spiro atoms. The Morgan fingerprint density at radius 3 is 2.09 bits per heavy atom. The molecule has 1 unspecified atom stereocenters. The molecule has 0 aliphatic carbocycles. The predicted molar refractivity (Wildman–Crippen MR) is 244 cm³/mol. The van der Waals surface area contributed by atoms with E-state index in [9.17, 15) is 43.5 Å². The summed E-state index contributed by atoms with van der Waals surface area (Å²) in [4.78, 5) is 105. The Kier molecular flexibility index (Phi) is 30.4. The quantitative estimate of drug-likeness (QED) is 0.0400. The molecule has 1 fully saturated rings. The van der Waals surface area contributed by atoms with Gasteiger partial charge < -0.3 is 40.6 Å². The smallest absolute Gasteiger partial charge is 0.306 e. The Morgan fingerprint density at radius 1 is 0.831 bits per heavy atom. The summed E-state index contributed by atoms with van der Waals surface area (Å²) in [5, 5.41) is 25.8. The molecular formula is C45H74N7O12S. The number of hydrogen-bond donors (Lipinski definition) is 6. The van der Waals surface area contributed by atoms with Gasteiger partial charge in [-0.05, 0) is 38.4 Å². The summed E-state index contributed by atoms with van der Waals surface area (Å²) in [5.74, 6) is -4.18. The van der Waals surface area contributed by atoms with Crippen LogP contribution in [-0.4, -0.2) is 141 Å². The van der Waals surface area contributed by atoms with Gasteiger partial charge >= 0.3 is 11.9 Å². The summed E-state index contributed by atoms with van der Waals surface area (Å²) in [5.41, 5.74) is 8.60. The minimum Gasteiger partial charge on any atom is -0.481 e. The highest BCUT2D eigenvalue weighted by Gasteiger charge is 2.38. The molecular weight excluding hydrogens is 863 g/mol. The summed E-state index contributed by atoms with van der Waals surface area (Å²) in [6.45, 7) is 2.35.